The number of hydroxylamine groups is 1. The number of para-hydroxylation sites is 1. The number of hydrogen-bond acceptors (Lipinski definition) is 5. The maximum atomic E-state index is 11.0. The third kappa shape index (κ3) is 3.07. The molecule has 0 bridgehead atoms. The highest BCUT2D eigenvalue weighted by Gasteiger charge is 2.08. The van der Waals surface area contributed by atoms with E-state index < -0.39 is 5.91 Å². The van der Waals surface area contributed by atoms with Gasteiger partial charge in [0, 0.05) is 17.2 Å². The molecule has 2 aromatic heterocycles. The zero-order valence-corrected chi connectivity index (χ0v) is 11.9. The van der Waals surface area contributed by atoms with Gasteiger partial charge in [-0.3, -0.25) is 10.0 Å². The van der Waals surface area contributed by atoms with Crippen LogP contribution in [0.4, 0.5) is 0 Å². The maximum absolute atomic E-state index is 11.0. The van der Waals surface area contributed by atoms with E-state index in [2.05, 4.69) is 9.97 Å². The molecule has 1 aromatic carbocycles. The molecule has 1 amide bonds. The molecule has 0 aliphatic rings. The van der Waals surface area contributed by atoms with Gasteiger partial charge in [0.15, 0.2) is 0 Å². The average Bonchev–Trinajstić information content (AvgIpc) is 3.01. The number of fused-ring (bicyclic) bond motifs is 1. The Balaban J connectivity index is 1.82. The highest BCUT2D eigenvalue weighted by atomic mass is 32.1. The molecule has 0 aliphatic heterocycles. The van der Waals surface area contributed by atoms with E-state index in [1.165, 1.54) is 11.3 Å². The minimum Gasteiger partial charge on any atom is -0.289 e. The van der Waals surface area contributed by atoms with Crippen molar-refractivity contribution in [1.29, 1.82) is 0 Å². The molecule has 21 heavy (non-hydrogen) atoms. The van der Waals surface area contributed by atoms with Crippen LogP contribution in [0.25, 0.3) is 21.6 Å². The first kappa shape index (κ1) is 13.7. The van der Waals surface area contributed by atoms with Gasteiger partial charge in [-0.15, -0.1) is 11.3 Å². The summed E-state index contributed by atoms with van der Waals surface area (Å²) in [6.45, 7) is 0. The molecule has 3 aromatic rings. The number of carbonyl (C=O) groups is 1. The maximum Gasteiger partial charge on any atom is 0.243 e. The van der Waals surface area contributed by atoms with Crippen LogP contribution in [-0.2, 0) is 11.2 Å². The van der Waals surface area contributed by atoms with E-state index in [9.17, 15) is 4.79 Å². The van der Waals surface area contributed by atoms with Crippen LogP contribution >= 0.6 is 11.3 Å². The van der Waals surface area contributed by atoms with Crippen LogP contribution in [0, 0.1) is 0 Å². The van der Waals surface area contributed by atoms with Gasteiger partial charge in [-0.2, -0.15) is 0 Å². The van der Waals surface area contributed by atoms with Gasteiger partial charge in [0.1, 0.15) is 5.01 Å². The highest BCUT2D eigenvalue weighted by molar-refractivity contribution is 7.13. The molecule has 0 atom stereocenters. The summed E-state index contributed by atoms with van der Waals surface area (Å²) in [7, 11) is 0. The summed E-state index contributed by atoms with van der Waals surface area (Å²) >= 11 is 1.50. The molecule has 0 saturated carbocycles. The Morgan fingerprint density at radius 1 is 1.19 bits per heavy atom. The number of nitrogens with zero attached hydrogens (tertiary/aromatic N) is 2. The van der Waals surface area contributed by atoms with Gasteiger partial charge >= 0.3 is 0 Å². The molecular weight excluding hydrogens is 286 g/mol. The van der Waals surface area contributed by atoms with Gasteiger partial charge in [-0.05, 0) is 18.6 Å². The van der Waals surface area contributed by atoms with E-state index >= 15 is 0 Å². The molecule has 0 spiro atoms. The van der Waals surface area contributed by atoms with Gasteiger partial charge in [0.2, 0.25) is 5.91 Å². The summed E-state index contributed by atoms with van der Waals surface area (Å²) in [6, 6.07) is 11.9. The van der Waals surface area contributed by atoms with E-state index in [4.69, 9.17) is 5.21 Å². The van der Waals surface area contributed by atoms with Crippen LogP contribution < -0.4 is 5.48 Å². The molecule has 5 nitrogen and oxygen atoms in total. The van der Waals surface area contributed by atoms with E-state index in [1.807, 2.05) is 41.8 Å². The van der Waals surface area contributed by atoms with Crippen molar-refractivity contribution in [3.63, 3.8) is 0 Å². The summed E-state index contributed by atoms with van der Waals surface area (Å²) < 4.78 is 0. The molecular formula is C15H13N3O2S. The zero-order valence-electron chi connectivity index (χ0n) is 11.1. The third-order valence-electron chi connectivity index (χ3n) is 3.10. The normalized spacial score (nSPS) is 10.7. The van der Waals surface area contributed by atoms with Gasteiger partial charge in [-0.25, -0.2) is 15.4 Å². The Morgan fingerprint density at radius 2 is 2.05 bits per heavy atom. The molecule has 3 rings (SSSR count). The summed E-state index contributed by atoms with van der Waals surface area (Å²) in [5.41, 5.74) is 4.21. The summed E-state index contributed by atoms with van der Waals surface area (Å²) in [5.74, 6) is -0.409. The highest BCUT2D eigenvalue weighted by Crippen LogP contribution is 2.24. The van der Waals surface area contributed by atoms with Crippen molar-refractivity contribution in [3.8, 4) is 10.7 Å². The Hall–Kier alpha value is -2.31. The van der Waals surface area contributed by atoms with Crippen molar-refractivity contribution in [1.82, 2.24) is 15.4 Å². The second kappa shape index (κ2) is 5.99. The van der Waals surface area contributed by atoms with Gasteiger partial charge in [0.25, 0.3) is 0 Å². The number of benzene rings is 1. The Morgan fingerprint density at radius 3 is 2.90 bits per heavy atom. The number of aryl methyl sites for hydroxylation is 1. The first-order valence-electron chi connectivity index (χ1n) is 6.50. The standard InChI is InChI=1S/C15H13N3O2S/c19-14(18-20)8-6-11-9-21-15(16-11)13-7-5-10-3-1-2-4-12(10)17-13/h1-5,7,9,20H,6,8H2,(H,18,19). The topological polar surface area (TPSA) is 75.1 Å². The minimum atomic E-state index is -0.409. The fourth-order valence-corrected chi connectivity index (χ4v) is 2.84. The first-order valence-corrected chi connectivity index (χ1v) is 7.38. The molecule has 2 heterocycles. The van der Waals surface area contributed by atoms with Gasteiger partial charge in [0.05, 0.1) is 16.9 Å². The average molecular weight is 299 g/mol. The molecule has 0 aliphatic carbocycles. The first-order chi connectivity index (χ1) is 10.3. The lowest BCUT2D eigenvalue weighted by atomic mass is 10.2. The number of rotatable bonds is 4. The number of carbonyl (C=O) groups excluding carboxylic acids is 1. The van der Waals surface area contributed by atoms with Crippen LogP contribution in [0.15, 0.2) is 41.8 Å². The quantitative estimate of drug-likeness (QED) is 0.574. The van der Waals surface area contributed by atoms with Crippen LogP contribution in [0.5, 0.6) is 0 Å². The molecule has 0 fully saturated rings. The molecule has 0 unspecified atom stereocenters. The van der Waals surface area contributed by atoms with E-state index in [-0.39, 0.29) is 6.42 Å². The lowest BCUT2D eigenvalue weighted by Crippen LogP contribution is -2.18. The number of nitrogens with one attached hydrogen (secondary N) is 1. The van der Waals surface area contributed by atoms with Gasteiger partial charge < -0.3 is 0 Å². The van der Waals surface area contributed by atoms with Crippen LogP contribution in [-0.4, -0.2) is 21.1 Å². The lowest BCUT2D eigenvalue weighted by molar-refractivity contribution is -0.129. The number of amides is 1. The number of hydrogen-bond donors (Lipinski definition) is 2. The van der Waals surface area contributed by atoms with Crippen molar-refractivity contribution in [3.05, 3.63) is 47.5 Å². The monoisotopic (exact) mass is 299 g/mol. The van der Waals surface area contributed by atoms with Crippen molar-refractivity contribution in [2.75, 3.05) is 0 Å². The predicted octanol–water partition coefficient (Wildman–Crippen LogP) is 2.80. The molecule has 106 valence electrons. The number of aromatic nitrogens is 2. The fraction of sp³-hybridized carbons (Fsp3) is 0.133. The molecule has 0 radical (unpaired) electrons. The Labute approximate surface area is 125 Å². The van der Waals surface area contributed by atoms with Crippen molar-refractivity contribution < 1.29 is 10.0 Å². The van der Waals surface area contributed by atoms with E-state index in [1.54, 1.807) is 5.48 Å². The molecule has 2 N–H and O–H groups in total. The Kier molecular flexibility index (Phi) is 3.89. The van der Waals surface area contributed by atoms with Gasteiger partial charge in [-0.1, -0.05) is 24.3 Å². The van der Waals surface area contributed by atoms with E-state index in [0.29, 0.717) is 6.42 Å². The van der Waals surface area contributed by atoms with E-state index in [0.717, 1.165) is 27.3 Å². The van der Waals surface area contributed by atoms with Crippen molar-refractivity contribution >= 4 is 28.1 Å². The summed E-state index contributed by atoms with van der Waals surface area (Å²) in [5, 5.41) is 12.3. The van der Waals surface area contributed by atoms with Crippen LogP contribution in [0.2, 0.25) is 0 Å². The SMILES string of the molecule is O=C(CCc1csc(-c2ccc3ccccc3n2)n1)NO. The number of thiazole rings is 1. The second-order valence-corrected chi connectivity index (χ2v) is 5.43. The van der Waals surface area contributed by atoms with Crippen LogP contribution in [0.1, 0.15) is 12.1 Å². The fourth-order valence-electron chi connectivity index (χ4n) is 2.02. The number of pyridine rings is 1. The predicted molar refractivity (Wildman–Crippen MR) is 81.1 cm³/mol. The second-order valence-electron chi connectivity index (χ2n) is 4.57. The summed E-state index contributed by atoms with van der Waals surface area (Å²) in [6.07, 6.45) is 0.710. The minimum absolute atomic E-state index is 0.213. The summed E-state index contributed by atoms with van der Waals surface area (Å²) in [4.78, 5) is 20.1. The zero-order chi connectivity index (χ0) is 14.7. The van der Waals surface area contributed by atoms with Crippen LogP contribution in [0.3, 0.4) is 0 Å². The smallest absolute Gasteiger partial charge is 0.243 e. The molecule has 0 saturated heterocycles. The molecule has 6 heteroatoms. The van der Waals surface area contributed by atoms with Crippen molar-refractivity contribution in [2.45, 2.75) is 12.8 Å². The Bertz CT molecular complexity index is 785. The van der Waals surface area contributed by atoms with Crippen molar-refractivity contribution in [2.24, 2.45) is 0 Å². The largest absolute Gasteiger partial charge is 0.289 e. The third-order valence-corrected chi connectivity index (χ3v) is 4.02. The lowest BCUT2D eigenvalue weighted by Gasteiger charge is -1.99.